The van der Waals surface area contributed by atoms with E-state index in [1.165, 1.54) is 5.57 Å². The van der Waals surface area contributed by atoms with E-state index < -0.39 is 0 Å². The van der Waals surface area contributed by atoms with E-state index in [4.69, 9.17) is 18.9 Å². The Bertz CT molecular complexity index is 1380. The Hall–Kier alpha value is -4.17. The predicted molar refractivity (Wildman–Crippen MR) is 154 cm³/mol. The lowest BCUT2D eigenvalue weighted by Crippen LogP contribution is -2.42. The highest BCUT2D eigenvalue weighted by Crippen LogP contribution is 2.40. The lowest BCUT2D eigenvalue weighted by Gasteiger charge is -2.33. The monoisotopic (exact) mass is 529 g/mol. The third kappa shape index (κ3) is 5.96. The normalized spacial score (nSPS) is 15.9. The van der Waals surface area contributed by atoms with Crippen molar-refractivity contribution in [2.75, 3.05) is 57.7 Å². The maximum Gasteiger partial charge on any atom is 0.415 e. The summed E-state index contributed by atoms with van der Waals surface area (Å²) in [6.45, 7) is 7.04. The van der Waals surface area contributed by atoms with Crippen molar-refractivity contribution in [2.45, 2.75) is 19.4 Å². The van der Waals surface area contributed by atoms with Crippen LogP contribution in [0.5, 0.6) is 17.2 Å². The molecule has 3 aromatic carbocycles. The van der Waals surface area contributed by atoms with Crippen molar-refractivity contribution in [2.24, 2.45) is 0 Å². The Morgan fingerprint density at radius 2 is 1.74 bits per heavy atom. The number of methoxy groups -OCH3 is 2. The van der Waals surface area contributed by atoms with Crippen molar-refractivity contribution >= 4 is 23.0 Å². The smallest absolute Gasteiger partial charge is 0.415 e. The predicted octanol–water partition coefficient (Wildman–Crippen LogP) is 5.90. The number of nitrogens with zero attached hydrogens (tertiary/aromatic N) is 1. The third-order valence-corrected chi connectivity index (χ3v) is 6.89. The average molecular weight is 530 g/mol. The summed E-state index contributed by atoms with van der Waals surface area (Å²) < 4.78 is 22.2. The van der Waals surface area contributed by atoms with Crippen molar-refractivity contribution in [3.63, 3.8) is 0 Å². The zero-order chi connectivity index (χ0) is 27.4. The molecular weight excluding hydrogens is 494 g/mol. The highest BCUT2D eigenvalue weighted by molar-refractivity contribution is 5.87. The van der Waals surface area contributed by atoms with Gasteiger partial charge in [-0.15, -0.1) is 0 Å². The van der Waals surface area contributed by atoms with E-state index in [2.05, 4.69) is 48.8 Å². The van der Waals surface area contributed by atoms with Crippen molar-refractivity contribution in [3.05, 3.63) is 72.3 Å². The standard InChI is InChI=1S/C31H35N3O5/c1-31(2)19-22(20-32-27-7-5-6-8-28(27)36-3)25-17-21(9-12-26(25)33-31)24-11-10-23(18-29(24)37-4)39-30(35)34-13-15-38-16-14-34/h5-12,17-19,32-33H,13-16,20H2,1-4H3. The van der Waals surface area contributed by atoms with E-state index in [0.29, 0.717) is 44.3 Å². The van der Waals surface area contributed by atoms with Crippen LogP contribution in [0.2, 0.25) is 0 Å². The molecule has 1 saturated heterocycles. The summed E-state index contributed by atoms with van der Waals surface area (Å²) in [5, 5.41) is 7.17. The van der Waals surface area contributed by atoms with Gasteiger partial charge in [0, 0.05) is 42.5 Å². The minimum absolute atomic E-state index is 0.198. The van der Waals surface area contributed by atoms with Crippen molar-refractivity contribution in [3.8, 4) is 28.4 Å². The molecule has 0 spiro atoms. The van der Waals surface area contributed by atoms with Crippen LogP contribution in [0.4, 0.5) is 16.2 Å². The first-order valence-electron chi connectivity index (χ1n) is 13.1. The SMILES string of the molecule is COc1ccccc1NCC1=CC(C)(C)Nc2ccc(-c3ccc(OC(=O)N4CCOCC4)cc3OC)cc21. The van der Waals surface area contributed by atoms with Gasteiger partial charge in [0.2, 0.25) is 0 Å². The van der Waals surface area contributed by atoms with Crippen LogP contribution < -0.4 is 24.8 Å². The third-order valence-electron chi connectivity index (χ3n) is 6.89. The van der Waals surface area contributed by atoms with Gasteiger partial charge in [-0.1, -0.05) is 24.3 Å². The number of ether oxygens (including phenoxy) is 4. The second kappa shape index (κ2) is 11.3. The molecule has 2 N–H and O–H groups in total. The molecule has 0 aliphatic carbocycles. The molecule has 3 aromatic rings. The summed E-state index contributed by atoms with van der Waals surface area (Å²) in [5.41, 5.74) is 6.01. The number of benzene rings is 3. The first kappa shape index (κ1) is 26.4. The van der Waals surface area contributed by atoms with Gasteiger partial charge in [0.15, 0.2) is 0 Å². The molecule has 0 bridgehead atoms. The van der Waals surface area contributed by atoms with Crippen LogP contribution in [-0.4, -0.2) is 63.6 Å². The number of hydrogen-bond acceptors (Lipinski definition) is 7. The molecule has 0 aromatic heterocycles. The number of carbonyl (C=O) groups is 1. The number of anilines is 2. The van der Waals surface area contributed by atoms with Gasteiger partial charge in [0.05, 0.1) is 38.7 Å². The summed E-state index contributed by atoms with van der Waals surface area (Å²) in [7, 11) is 3.30. The largest absolute Gasteiger partial charge is 0.496 e. The molecule has 0 saturated carbocycles. The molecule has 2 aliphatic rings. The second-order valence-electron chi connectivity index (χ2n) is 10.2. The minimum atomic E-state index is -0.382. The maximum absolute atomic E-state index is 12.6. The van der Waals surface area contributed by atoms with Crippen LogP contribution in [0.25, 0.3) is 16.7 Å². The van der Waals surface area contributed by atoms with Gasteiger partial charge in [0.1, 0.15) is 17.2 Å². The van der Waals surface area contributed by atoms with E-state index in [9.17, 15) is 4.79 Å². The lowest BCUT2D eigenvalue weighted by atomic mass is 9.88. The molecule has 0 unspecified atom stereocenters. The molecule has 8 nitrogen and oxygen atoms in total. The number of morpholine rings is 1. The van der Waals surface area contributed by atoms with Crippen LogP contribution >= 0.6 is 0 Å². The molecule has 2 heterocycles. The summed E-state index contributed by atoms with van der Waals surface area (Å²) in [6, 6.07) is 19.8. The van der Waals surface area contributed by atoms with E-state index in [1.807, 2.05) is 30.3 Å². The number of nitrogens with one attached hydrogen (secondary N) is 2. The fourth-order valence-corrected chi connectivity index (χ4v) is 5.00. The Morgan fingerprint density at radius 1 is 0.974 bits per heavy atom. The zero-order valence-electron chi connectivity index (χ0n) is 22.9. The van der Waals surface area contributed by atoms with Gasteiger partial charge in [-0.3, -0.25) is 0 Å². The topological polar surface area (TPSA) is 81.3 Å². The summed E-state index contributed by atoms with van der Waals surface area (Å²) in [4.78, 5) is 14.2. The van der Waals surface area contributed by atoms with Crippen molar-refractivity contribution in [1.29, 1.82) is 0 Å². The Labute approximate surface area is 229 Å². The highest BCUT2D eigenvalue weighted by atomic mass is 16.6. The van der Waals surface area contributed by atoms with Gasteiger partial charge in [-0.25, -0.2) is 4.79 Å². The number of fused-ring (bicyclic) bond motifs is 1. The van der Waals surface area contributed by atoms with E-state index in [1.54, 1.807) is 31.3 Å². The number of hydrogen-bond donors (Lipinski definition) is 2. The van der Waals surface area contributed by atoms with E-state index >= 15 is 0 Å². The van der Waals surface area contributed by atoms with Gasteiger partial charge >= 0.3 is 6.09 Å². The summed E-state index contributed by atoms with van der Waals surface area (Å²) in [6.07, 6.45) is 1.88. The number of carbonyl (C=O) groups excluding carboxylic acids is 1. The zero-order valence-corrected chi connectivity index (χ0v) is 22.9. The Morgan fingerprint density at radius 3 is 2.51 bits per heavy atom. The molecule has 5 rings (SSSR count). The number of para-hydroxylation sites is 2. The second-order valence-corrected chi connectivity index (χ2v) is 10.2. The number of amides is 1. The Balaban J connectivity index is 1.41. The molecule has 2 aliphatic heterocycles. The van der Waals surface area contributed by atoms with Crippen LogP contribution in [0, 0.1) is 0 Å². The summed E-state index contributed by atoms with van der Waals surface area (Å²) >= 11 is 0. The highest BCUT2D eigenvalue weighted by Gasteiger charge is 2.25. The first-order valence-corrected chi connectivity index (χ1v) is 13.1. The lowest BCUT2D eigenvalue weighted by molar-refractivity contribution is 0.0416. The summed E-state index contributed by atoms with van der Waals surface area (Å²) in [5.74, 6) is 1.87. The van der Waals surface area contributed by atoms with E-state index in [-0.39, 0.29) is 11.6 Å². The molecule has 1 fully saturated rings. The van der Waals surface area contributed by atoms with E-state index in [0.717, 1.165) is 33.8 Å². The average Bonchev–Trinajstić information content (AvgIpc) is 2.95. The fraction of sp³-hybridized carbons (Fsp3) is 0.323. The maximum atomic E-state index is 12.6. The van der Waals surface area contributed by atoms with Crippen LogP contribution in [0.3, 0.4) is 0 Å². The van der Waals surface area contributed by atoms with Gasteiger partial charge in [-0.2, -0.15) is 0 Å². The molecule has 0 radical (unpaired) electrons. The van der Waals surface area contributed by atoms with Crippen LogP contribution in [0.15, 0.2) is 66.7 Å². The molecule has 204 valence electrons. The van der Waals surface area contributed by atoms with Gasteiger partial charge < -0.3 is 34.5 Å². The molecular formula is C31H35N3O5. The molecule has 1 amide bonds. The Kier molecular flexibility index (Phi) is 7.65. The van der Waals surface area contributed by atoms with Crippen LogP contribution in [-0.2, 0) is 4.74 Å². The van der Waals surface area contributed by atoms with Gasteiger partial charge in [-0.05, 0) is 61.4 Å². The first-order chi connectivity index (χ1) is 18.9. The molecule has 0 atom stereocenters. The van der Waals surface area contributed by atoms with Gasteiger partial charge in [0.25, 0.3) is 0 Å². The molecule has 39 heavy (non-hydrogen) atoms. The quantitative estimate of drug-likeness (QED) is 0.394. The fourth-order valence-electron chi connectivity index (χ4n) is 5.00. The number of rotatable bonds is 7. The van der Waals surface area contributed by atoms with Crippen LogP contribution in [0.1, 0.15) is 19.4 Å². The van der Waals surface area contributed by atoms with Crippen molar-refractivity contribution in [1.82, 2.24) is 4.90 Å². The molecule has 8 heteroatoms. The van der Waals surface area contributed by atoms with Crippen molar-refractivity contribution < 1.29 is 23.7 Å². The minimum Gasteiger partial charge on any atom is -0.496 e.